The van der Waals surface area contributed by atoms with Gasteiger partial charge in [-0.15, -0.1) is 24.0 Å². The number of nitrogens with zero attached hydrogens (tertiary/aromatic N) is 2. The molecule has 0 radical (unpaired) electrons. The highest BCUT2D eigenvalue weighted by molar-refractivity contribution is 14.0. The van der Waals surface area contributed by atoms with Gasteiger partial charge in [0.15, 0.2) is 5.96 Å². The van der Waals surface area contributed by atoms with Gasteiger partial charge >= 0.3 is 0 Å². The number of aromatic amines is 1. The zero-order chi connectivity index (χ0) is 16.8. The van der Waals surface area contributed by atoms with Crippen LogP contribution in [0.1, 0.15) is 18.2 Å². The summed E-state index contributed by atoms with van der Waals surface area (Å²) < 4.78 is 18.2. The van der Waals surface area contributed by atoms with Crippen molar-refractivity contribution >= 4 is 40.8 Å². The van der Waals surface area contributed by atoms with E-state index in [0.717, 1.165) is 35.1 Å². The number of H-pyrrole nitrogens is 1. The summed E-state index contributed by atoms with van der Waals surface area (Å²) in [6.45, 7) is 3.91. The molecule has 0 atom stereocenters. The smallest absolute Gasteiger partial charge is 0.191 e. The van der Waals surface area contributed by atoms with Crippen LogP contribution >= 0.6 is 24.0 Å². The summed E-state index contributed by atoms with van der Waals surface area (Å²) in [7, 11) is 0. The lowest BCUT2D eigenvalue weighted by atomic mass is 10.1. The number of halogens is 2. The van der Waals surface area contributed by atoms with E-state index in [1.807, 2.05) is 13.1 Å². The van der Waals surface area contributed by atoms with Gasteiger partial charge in [0.2, 0.25) is 0 Å². The van der Waals surface area contributed by atoms with Crippen molar-refractivity contribution < 1.29 is 8.91 Å². The maximum Gasteiger partial charge on any atom is 0.191 e. The third kappa shape index (κ3) is 5.18. The number of hydrogen-bond donors (Lipinski definition) is 3. The predicted molar refractivity (Wildman–Crippen MR) is 107 cm³/mol. The normalized spacial score (nSPS) is 11.4. The van der Waals surface area contributed by atoms with Gasteiger partial charge in [0.25, 0.3) is 0 Å². The van der Waals surface area contributed by atoms with Crippen molar-refractivity contribution in [3.63, 3.8) is 0 Å². The van der Waals surface area contributed by atoms with Crippen LogP contribution in [0.25, 0.3) is 10.9 Å². The van der Waals surface area contributed by atoms with Gasteiger partial charge in [0.05, 0.1) is 6.54 Å². The highest BCUT2D eigenvalue weighted by Crippen LogP contribution is 2.19. The van der Waals surface area contributed by atoms with E-state index in [0.29, 0.717) is 19.0 Å². The van der Waals surface area contributed by atoms with Gasteiger partial charge in [0, 0.05) is 36.3 Å². The maximum atomic E-state index is 13.4. The summed E-state index contributed by atoms with van der Waals surface area (Å²) in [5.74, 6) is 0.491. The minimum absolute atomic E-state index is 0. The van der Waals surface area contributed by atoms with Crippen molar-refractivity contribution in [1.82, 2.24) is 20.8 Å². The number of aliphatic imine (C=N–C) groups is 1. The summed E-state index contributed by atoms with van der Waals surface area (Å²) in [6.07, 6.45) is 4.21. The van der Waals surface area contributed by atoms with E-state index in [-0.39, 0.29) is 29.8 Å². The van der Waals surface area contributed by atoms with Crippen LogP contribution in [0, 0.1) is 5.82 Å². The van der Waals surface area contributed by atoms with Crippen molar-refractivity contribution in [1.29, 1.82) is 0 Å². The van der Waals surface area contributed by atoms with Crippen LogP contribution < -0.4 is 10.6 Å². The molecule has 2 heterocycles. The molecule has 25 heavy (non-hydrogen) atoms. The Balaban J connectivity index is 0.00000225. The molecule has 3 rings (SSSR count). The molecule has 6 nitrogen and oxygen atoms in total. The minimum Gasteiger partial charge on any atom is -0.364 e. The third-order valence-electron chi connectivity index (χ3n) is 3.65. The van der Waals surface area contributed by atoms with Gasteiger partial charge < -0.3 is 20.1 Å². The maximum absolute atomic E-state index is 13.4. The van der Waals surface area contributed by atoms with Gasteiger partial charge in [-0.25, -0.2) is 9.38 Å². The molecule has 0 aliphatic rings. The van der Waals surface area contributed by atoms with Crippen LogP contribution in [-0.4, -0.2) is 29.2 Å². The van der Waals surface area contributed by atoms with Gasteiger partial charge in [-0.3, -0.25) is 0 Å². The fourth-order valence-electron chi connectivity index (χ4n) is 2.49. The molecule has 0 aliphatic heterocycles. The first-order valence-corrected chi connectivity index (χ1v) is 7.93. The summed E-state index contributed by atoms with van der Waals surface area (Å²) in [6, 6.07) is 6.56. The third-order valence-corrected chi connectivity index (χ3v) is 3.65. The van der Waals surface area contributed by atoms with Crippen molar-refractivity contribution in [2.45, 2.75) is 19.9 Å². The van der Waals surface area contributed by atoms with Gasteiger partial charge in [-0.1, -0.05) is 5.16 Å². The van der Waals surface area contributed by atoms with Gasteiger partial charge in [0.1, 0.15) is 17.8 Å². The fraction of sp³-hybridized carbons (Fsp3) is 0.294. The van der Waals surface area contributed by atoms with Crippen LogP contribution in [0.15, 0.2) is 46.2 Å². The summed E-state index contributed by atoms with van der Waals surface area (Å²) in [4.78, 5) is 7.62. The van der Waals surface area contributed by atoms with Crippen LogP contribution in [0.4, 0.5) is 4.39 Å². The van der Waals surface area contributed by atoms with Crippen LogP contribution in [0.3, 0.4) is 0 Å². The number of fused-ring (bicyclic) bond motifs is 1. The zero-order valence-corrected chi connectivity index (χ0v) is 16.2. The van der Waals surface area contributed by atoms with E-state index >= 15 is 0 Å². The molecular weight excluding hydrogens is 436 g/mol. The molecule has 2 aromatic heterocycles. The van der Waals surface area contributed by atoms with Crippen molar-refractivity contribution in [3.8, 4) is 0 Å². The topological polar surface area (TPSA) is 78.2 Å². The van der Waals surface area contributed by atoms with E-state index in [1.54, 1.807) is 18.2 Å². The molecule has 8 heteroatoms. The lowest BCUT2D eigenvalue weighted by molar-refractivity contribution is 0.412. The van der Waals surface area contributed by atoms with Crippen LogP contribution in [0.5, 0.6) is 0 Å². The first-order valence-electron chi connectivity index (χ1n) is 7.93. The molecule has 0 aliphatic carbocycles. The molecule has 0 bridgehead atoms. The second-order valence-corrected chi connectivity index (χ2v) is 5.37. The van der Waals surface area contributed by atoms with E-state index in [2.05, 4.69) is 25.8 Å². The average molecular weight is 457 g/mol. The van der Waals surface area contributed by atoms with Crippen LogP contribution in [0.2, 0.25) is 0 Å². The van der Waals surface area contributed by atoms with Crippen molar-refractivity contribution in [2.24, 2.45) is 4.99 Å². The minimum atomic E-state index is -0.223. The number of rotatable bonds is 6. The van der Waals surface area contributed by atoms with E-state index < -0.39 is 0 Å². The monoisotopic (exact) mass is 457 g/mol. The second kappa shape index (κ2) is 9.40. The number of aromatic nitrogens is 2. The second-order valence-electron chi connectivity index (χ2n) is 5.37. The highest BCUT2D eigenvalue weighted by Gasteiger charge is 2.05. The molecule has 134 valence electrons. The Bertz CT molecular complexity index is 816. The van der Waals surface area contributed by atoms with Crippen molar-refractivity contribution in [3.05, 3.63) is 53.8 Å². The molecule has 1 aromatic carbocycles. The first-order chi connectivity index (χ1) is 11.8. The molecule has 0 fully saturated rings. The largest absolute Gasteiger partial charge is 0.364 e. The first kappa shape index (κ1) is 19.2. The molecule has 0 saturated heterocycles. The number of guanidine groups is 1. The SMILES string of the molecule is CCNC(=NCc1ccon1)NCCc1c[nH]c2ccc(F)cc12.I. The van der Waals surface area contributed by atoms with Gasteiger partial charge in [-0.05, 0) is 37.1 Å². The lowest BCUT2D eigenvalue weighted by Gasteiger charge is -2.10. The van der Waals surface area contributed by atoms with Crippen molar-refractivity contribution in [2.75, 3.05) is 13.1 Å². The number of nitrogens with one attached hydrogen (secondary N) is 3. The lowest BCUT2D eigenvalue weighted by Crippen LogP contribution is -2.38. The number of benzene rings is 1. The fourth-order valence-corrected chi connectivity index (χ4v) is 2.49. The molecule has 0 spiro atoms. The Kier molecular flexibility index (Phi) is 7.23. The Labute approximate surface area is 162 Å². The summed E-state index contributed by atoms with van der Waals surface area (Å²) >= 11 is 0. The van der Waals surface area contributed by atoms with E-state index in [4.69, 9.17) is 4.52 Å². The van der Waals surface area contributed by atoms with E-state index in [9.17, 15) is 4.39 Å². The van der Waals surface area contributed by atoms with Crippen LogP contribution in [-0.2, 0) is 13.0 Å². The predicted octanol–water partition coefficient (Wildman–Crippen LogP) is 3.21. The Hall–Kier alpha value is -2.10. The quantitative estimate of drug-likeness (QED) is 0.302. The molecule has 3 aromatic rings. The standard InChI is InChI=1S/C17H20FN5O.HI/c1-2-19-17(22-11-14-6-8-24-23-14)20-7-5-12-10-21-16-4-3-13(18)9-15(12)16;/h3-4,6,8-10,21H,2,5,7,11H2,1H3,(H2,19,20,22);1H. The molecular formula is C17H21FIN5O. The number of hydrogen-bond acceptors (Lipinski definition) is 3. The Morgan fingerprint density at radius 1 is 1.32 bits per heavy atom. The molecule has 3 N–H and O–H groups in total. The molecule has 0 saturated carbocycles. The van der Waals surface area contributed by atoms with Gasteiger partial charge in [-0.2, -0.15) is 0 Å². The highest BCUT2D eigenvalue weighted by atomic mass is 127. The average Bonchev–Trinajstić information content (AvgIpc) is 3.22. The summed E-state index contributed by atoms with van der Waals surface area (Å²) in [5.41, 5.74) is 2.79. The molecule has 0 amide bonds. The van der Waals surface area contributed by atoms with E-state index in [1.165, 1.54) is 12.3 Å². The zero-order valence-electron chi connectivity index (χ0n) is 13.9. The summed E-state index contributed by atoms with van der Waals surface area (Å²) in [5, 5.41) is 11.2. The Morgan fingerprint density at radius 2 is 2.20 bits per heavy atom. The Morgan fingerprint density at radius 3 is 2.96 bits per heavy atom. The molecule has 0 unspecified atom stereocenters.